The lowest BCUT2D eigenvalue weighted by Gasteiger charge is -2.41. The summed E-state index contributed by atoms with van der Waals surface area (Å²) in [5.41, 5.74) is 0. The van der Waals surface area contributed by atoms with E-state index in [0.717, 1.165) is 0 Å². The van der Waals surface area contributed by atoms with Gasteiger partial charge in [0.25, 0.3) is 0 Å². The van der Waals surface area contributed by atoms with E-state index in [1.54, 1.807) is 6.92 Å². The lowest BCUT2D eigenvalue weighted by atomic mass is 9.92. The first kappa shape index (κ1) is 15.8. The topological polar surface area (TPSA) is 125 Å². The van der Waals surface area contributed by atoms with Crippen LogP contribution in [0.4, 0.5) is 0 Å². The summed E-state index contributed by atoms with van der Waals surface area (Å²) in [7, 11) is 0. The highest BCUT2D eigenvalue weighted by Crippen LogP contribution is 2.22. The van der Waals surface area contributed by atoms with Crippen LogP contribution < -0.4 is 5.32 Å². The highest BCUT2D eigenvalue weighted by molar-refractivity contribution is 5.79. The second-order valence-corrected chi connectivity index (χ2v) is 4.24. The molecule has 0 aromatic heterocycles. The lowest BCUT2D eigenvalue weighted by Crippen LogP contribution is -2.66. The molecule has 0 aromatic carbocycles. The predicted octanol–water partition coefficient (Wildman–Crippen LogP) is -2.46. The molecule has 8 nitrogen and oxygen atoms in total. The Balaban J connectivity index is 2.92. The first-order chi connectivity index (χ1) is 8.92. The molecule has 1 fully saturated rings. The molecule has 1 rings (SSSR count). The quantitative estimate of drug-likeness (QED) is 0.420. The Hall–Kier alpha value is -1.22. The van der Waals surface area contributed by atoms with Gasteiger partial charge in [-0.25, -0.2) is 4.79 Å². The average Bonchev–Trinajstić information content (AvgIpc) is 2.35. The molecule has 19 heavy (non-hydrogen) atoms. The Morgan fingerprint density at radius 1 is 1.32 bits per heavy atom. The number of hydrogen-bond donors (Lipinski definition) is 4. The van der Waals surface area contributed by atoms with Crippen LogP contribution in [0.25, 0.3) is 0 Å². The Morgan fingerprint density at radius 3 is 2.42 bits per heavy atom. The average molecular weight is 277 g/mol. The molecule has 1 heterocycles. The summed E-state index contributed by atoms with van der Waals surface area (Å²) >= 11 is 0. The van der Waals surface area contributed by atoms with Crippen LogP contribution in [-0.4, -0.2) is 70.9 Å². The zero-order valence-corrected chi connectivity index (χ0v) is 10.8. The summed E-state index contributed by atoms with van der Waals surface area (Å²) in [4.78, 5) is 22.8. The van der Waals surface area contributed by atoms with Gasteiger partial charge in [0.05, 0.1) is 19.3 Å². The van der Waals surface area contributed by atoms with Crippen LogP contribution in [-0.2, 0) is 19.1 Å². The van der Waals surface area contributed by atoms with Gasteiger partial charge in [-0.05, 0) is 6.92 Å². The van der Waals surface area contributed by atoms with E-state index in [4.69, 9.17) is 14.6 Å². The van der Waals surface area contributed by atoms with Crippen molar-refractivity contribution in [1.29, 1.82) is 0 Å². The summed E-state index contributed by atoms with van der Waals surface area (Å²) in [5, 5.41) is 31.0. The third-order valence-electron chi connectivity index (χ3n) is 2.82. The Kier molecular flexibility index (Phi) is 5.67. The molecule has 1 amide bonds. The molecule has 4 N–H and O–H groups in total. The number of ether oxygens (including phenoxy) is 2. The van der Waals surface area contributed by atoms with Crippen molar-refractivity contribution >= 4 is 11.9 Å². The highest BCUT2D eigenvalue weighted by Gasteiger charge is 2.48. The Bertz CT molecular complexity index is 335. The molecule has 0 spiro atoms. The van der Waals surface area contributed by atoms with Crippen molar-refractivity contribution in [3.05, 3.63) is 0 Å². The molecule has 0 aliphatic carbocycles. The van der Waals surface area contributed by atoms with E-state index >= 15 is 0 Å². The zero-order valence-electron chi connectivity index (χ0n) is 10.8. The lowest BCUT2D eigenvalue weighted by molar-refractivity contribution is -0.209. The maximum atomic E-state index is 11.7. The largest absolute Gasteiger partial charge is 0.464 e. The minimum Gasteiger partial charge on any atom is -0.464 e. The van der Waals surface area contributed by atoms with Crippen LogP contribution in [0.5, 0.6) is 0 Å². The van der Waals surface area contributed by atoms with Crippen molar-refractivity contribution in [2.75, 3.05) is 13.2 Å². The van der Waals surface area contributed by atoms with Crippen molar-refractivity contribution in [2.45, 2.75) is 44.3 Å². The Morgan fingerprint density at radius 2 is 1.95 bits per heavy atom. The van der Waals surface area contributed by atoms with E-state index in [2.05, 4.69) is 5.32 Å². The van der Waals surface area contributed by atoms with Gasteiger partial charge in [0, 0.05) is 6.92 Å². The first-order valence-electron chi connectivity index (χ1n) is 5.98. The molecule has 110 valence electrons. The van der Waals surface area contributed by atoms with Crippen LogP contribution >= 0.6 is 0 Å². The molecular formula is C11H19NO7. The number of nitrogens with one attached hydrogen (secondary N) is 1. The van der Waals surface area contributed by atoms with Gasteiger partial charge in [-0.1, -0.05) is 0 Å². The van der Waals surface area contributed by atoms with Gasteiger partial charge >= 0.3 is 5.97 Å². The van der Waals surface area contributed by atoms with E-state index in [1.165, 1.54) is 6.92 Å². The van der Waals surface area contributed by atoms with Crippen molar-refractivity contribution in [1.82, 2.24) is 5.32 Å². The fraction of sp³-hybridized carbons (Fsp3) is 0.818. The summed E-state index contributed by atoms with van der Waals surface area (Å²) < 4.78 is 9.98. The van der Waals surface area contributed by atoms with Crippen molar-refractivity contribution < 1.29 is 34.4 Å². The third-order valence-corrected chi connectivity index (χ3v) is 2.82. The van der Waals surface area contributed by atoms with Crippen molar-refractivity contribution in [3.63, 3.8) is 0 Å². The number of amides is 1. The first-order valence-corrected chi connectivity index (χ1v) is 5.98. The normalized spacial score (nSPS) is 34.7. The number of aliphatic hydroxyl groups excluding tert-OH is 3. The van der Waals surface area contributed by atoms with Gasteiger partial charge < -0.3 is 30.1 Å². The molecule has 0 aromatic rings. The monoisotopic (exact) mass is 277 g/mol. The number of hydrogen-bond acceptors (Lipinski definition) is 7. The molecule has 1 aliphatic heterocycles. The summed E-state index contributed by atoms with van der Waals surface area (Å²) in [6, 6.07) is -1.13. The van der Waals surface area contributed by atoms with Crippen LogP contribution in [0.2, 0.25) is 0 Å². The number of carbonyl (C=O) groups excluding carboxylic acids is 2. The SMILES string of the molecule is CCOC(=O)[C@@H]1O[C@H](CO)[C@@H](O)[C@H](O)[C@H]1NC(C)=O. The Labute approximate surface area is 110 Å². The number of aliphatic hydroxyl groups is 3. The third kappa shape index (κ3) is 3.63. The summed E-state index contributed by atoms with van der Waals surface area (Å²) in [6.45, 7) is 2.34. The maximum absolute atomic E-state index is 11.7. The molecule has 1 aliphatic rings. The van der Waals surface area contributed by atoms with Gasteiger partial charge in [0.2, 0.25) is 5.91 Å². The minimum atomic E-state index is -1.44. The van der Waals surface area contributed by atoms with Crippen molar-refractivity contribution in [2.24, 2.45) is 0 Å². The molecule has 1 saturated heterocycles. The fourth-order valence-corrected chi connectivity index (χ4v) is 1.94. The van der Waals surface area contributed by atoms with Crippen LogP contribution in [0, 0.1) is 0 Å². The van der Waals surface area contributed by atoms with Crippen LogP contribution in [0.1, 0.15) is 13.8 Å². The number of esters is 1. The van der Waals surface area contributed by atoms with Gasteiger partial charge in [0.1, 0.15) is 18.3 Å². The highest BCUT2D eigenvalue weighted by atomic mass is 16.6. The summed E-state index contributed by atoms with van der Waals surface area (Å²) in [5.74, 6) is -1.26. The minimum absolute atomic E-state index is 0.105. The molecule has 0 unspecified atom stereocenters. The van der Waals surface area contributed by atoms with E-state index in [9.17, 15) is 19.8 Å². The smallest absolute Gasteiger partial charge is 0.337 e. The van der Waals surface area contributed by atoms with Crippen LogP contribution in [0.3, 0.4) is 0 Å². The zero-order chi connectivity index (χ0) is 14.6. The van der Waals surface area contributed by atoms with Gasteiger partial charge in [-0.2, -0.15) is 0 Å². The standard InChI is InChI=1S/C11H19NO7/c1-3-18-11(17)10-7(12-5(2)14)9(16)8(15)6(4-13)19-10/h6-10,13,15-16H,3-4H2,1-2H3,(H,12,14)/t6-,7-,8-,9-,10-/m1/s1. The van der Waals surface area contributed by atoms with E-state index in [1.807, 2.05) is 0 Å². The molecule has 0 radical (unpaired) electrons. The fourth-order valence-electron chi connectivity index (χ4n) is 1.94. The molecule has 8 heteroatoms. The maximum Gasteiger partial charge on any atom is 0.337 e. The van der Waals surface area contributed by atoms with Crippen molar-refractivity contribution in [3.8, 4) is 0 Å². The van der Waals surface area contributed by atoms with E-state index < -0.39 is 48.9 Å². The second-order valence-electron chi connectivity index (χ2n) is 4.24. The molecule has 0 saturated carbocycles. The molecular weight excluding hydrogens is 258 g/mol. The number of rotatable bonds is 4. The van der Waals surface area contributed by atoms with Gasteiger partial charge in [-0.15, -0.1) is 0 Å². The summed E-state index contributed by atoms with van der Waals surface area (Å²) in [6.07, 6.45) is -5.24. The number of carbonyl (C=O) groups is 2. The second kappa shape index (κ2) is 6.80. The predicted molar refractivity (Wildman–Crippen MR) is 62.0 cm³/mol. The van der Waals surface area contributed by atoms with E-state index in [0.29, 0.717) is 0 Å². The van der Waals surface area contributed by atoms with Crippen LogP contribution in [0.15, 0.2) is 0 Å². The molecule has 0 bridgehead atoms. The molecule has 5 atom stereocenters. The van der Waals surface area contributed by atoms with E-state index in [-0.39, 0.29) is 6.61 Å². The van der Waals surface area contributed by atoms with Gasteiger partial charge in [0.15, 0.2) is 6.10 Å². The van der Waals surface area contributed by atoms with Gasteiger partial charge in [-0.3, -0.25) is 4.79 Å².